The van der Waals surface area contributed by atoms with Gasteiger partial charge in [-0.1, -0.05) is 29.5 Å². The molecule has 0 aliphatic carbocycles. The van der Waals surface area contributed by atoms with Crippen LogP contribution in [-0.2, 0) is 16.6 Å². The third kappa shape index (κ3) is 4.19. The van der Waals surface area contributed by atoms with Crippen LogP contribution in [0.1, 0.15) is 5.56 Å². The first-order valence-electron chi connectivity index (χ1n) is 7.06. The van der Waals surface area contributed by atoms with Crippen LogP contribution in [0.2, 0.25) is 0 Å². The fraction of sp³-hybridized carbons (Fsp3) is 0.0625. The van der Waals surface area contributed by atoms with Crippen molar-refractivity contribution < 1.29 is 21.9 Å². The normalized spacial score (nSPS) is 11.4. The number of halogens is 2. The van der Waals surface area contributed by atoms with Crippen molar-refractivity contribution in [1.82, 2.24) is 9.71 Å². The lowest BCUT2D eigenvalue weighted by molar-refractivity contribution is 0.478. The number of ether oxygens (including phenoxy) is 1. The summed E-state index contributed by atoms with van der Waals surface area (Å²) < 4.78 is 59.1. The van der Waals surface area contributed by atoms with Gasteiger partial charge in [0.2, 0.25) is 10.0 Å². The van der Waals surface area contributed by atoms with E-state index in [9.17, 15) is 17.2 Å². The third-order valence-corrected chi connectivity index (χ3v) is 5.29. The highest BCUT2D eigenvalue weighted by molar-refractivity contribution is 7.89. The van der Waals surface area contributed by atoms with E-state index in [1.165, 1.54) is 11.3 Å². The molecule has 0 bridgehead atoms. The first-order chi connectivity index (χ1) is 12.0. The zero-order valence-electron chi connectivity index (χ0n) is 12.6. The highest BCUT2D eigenvalue weighted by Gasteiger charge is 2.23. The molecule has 2 aromatic carbocycles. The van der Waals surface area contributed by atoms with Crippen LogP contribution in [0.15, 0.2) is 58.9 Å². The summed E-state index contributed by atoms with van der Waals surface area (Å²) in [6, 6.07) is 9.46. The summed E-state index contributed by atoms with van der Waals surface area (Å²) in [5, 5.41) is 2.27. The third-order valence-electron chi connectivity index (χ3n) is 3.19. The zero-order chi connectivity index (χ0) is 17.9. The van der Waals surface area contributed by atoms with Crippen LogP contribution in [0.3, 0.4) is 0 Å². The number of rotatable bonds is 6. The van der Waals surface area contributed by atoms with E-state index in [0.29, 0.717) is 16.5 Å². The SMILES string of the molecule is O=S(=O)(NCc1ccc(Oc2nccs2)cc1)c1c(F)cccc1F. The Morgan fingerprint density at radius 3 is 2.36 bits per heavy atom. The summed E-state index contributed by atoms with van der Waals surface area (Å²) in [5.41, 5.74) is 0.604. The second kappa shape index (κ2) is 7.26. The molecule has 0 amide bonds. The number of nitrogens with zero attached hydrogens (tertiary/aromatic N) is 1. The van der Waals surface area contributed by atoms with Crippen molar-refractivity contribution in [1.29, 1.82) is 0 Å². The van der Waals surface area contributed by atoms with Crippen LogP contribution < -0.4 is 9.46 Å². The highest BCUT2D eigenvalue weighted by atomic mass is 32.2. The van der Waals surface area contributed by atoms with E-state index in [4.69, 9.17) is 4.74 Å². The fourth-order valence-electron chi connectivity index (χ4n) is 2.03. The van der Waals surface area contributed by atoms with Crippen molar-refractivity contribution >= 4 is 21.4 Å². The molecule has 5 nitrogen and oxygen atoms in total. The van der Waals surface area contributed by atoms with Crippen LogP contribution in [0.4, 0.5) is 8.78 Å². The van der Waals surface area contributed by atoms with Gasteiger partial charge in [0.15, 0.2) is 4.90 Å². The monoisotopic (exact) mass is 382 g/mol. The lowest BCUT2D eigenvalue weighted by Crippen LogP contribution is -2.25. The Balaban J connectivity index is 1.69. The molecule has 0 saturated carbocycles. The molecule has 1 aromatic heterocycles. The number of aromatic nitrogens is 1. The molecule has 0 atom stereocenters. The van der Waals surface area contributed by atoms with Gasteiger partial charge in [0.25, 0.3) is 5.19 Å². The molecule has 0 unspecified atom stereocenters. The van der Waals surface area contributed by atoms with Crippen molar-refractivity contribution in [2.75, 3.05) is 0 Å². The molecule has 0 spiro atoms. The van der Waals surface area contributed by atoms with Crippen LogP contribution in [-0.4, -0.2) is 13.4 Å². The Labute approximate surface area is 147 Å². The molecule has 3 rings (SSSR count). The smallest absolute Gasteiger partial charge is 0.278 e. The molecule has 1 N–H and O–H groups in total. The lowest BCUT2D eigenvalue weighted by Gasteiger charge is -2.09. The first-order valence-corrected chi connectivity index (χ1v) is 9.42. The van der Waals surface area contributed by atoms with E-state index in [-0.39, 0.29) is 6.54 Å². The van der Waals surface area contributed by atoms with Gasteiger partial charge in [-0.2, -0.15) is 0 Å². The van der Waals surface area contributed by atoms with Crippen LogP contribution in [0.25, 0.3) is 0 Å². The summed E-state index contributed by atoms with van der Waals surface area (Å²) in [6.45, 7) is -0.117. The number of sulfonamides is 1. The van der Waals surface area contributed by atoms with E-state index in [0.717, 1.165) is 18.2 Å². The topological polar surface area (TPSA) is 68.3 Å². The summed E-state index contributed by atoms with van der Waals surface area (Å²) in [5.74, 6) is -1.74. The van der Waals surface area contributed by atoms with Gasteiger partial charge in [0.1, 0.15) is 17.4 Å². The number of thiazole rings is 1. The minimum Gasteiger partial charge on any atom is -0.431 e. The number of hydrogen-bond acceptors (Lipinski definition) is 5. The van der Waals surface area contributed by atoms with Crippen molar-refractivity contribution in [3.63, 3.8) is 0 Å². The van der Waals surface area contributed by atoms with Gasteiger partial charge in [-0.3, -0.25) is 0 Å². The van der Waals surface area contributed by atoms with Gasteiger partial charge >= 0.3 is 0 Å². The second-order valence-electron chi connectivity index (χ2n) is 4.92. The van der Waals surface area contributed by atoms with Gasteiger partial charge in [-0.25, -0.2) is 26.9 Å². The predicted molar refractivity (Wildman–Crippen MR) is 89.0 cm³/mol. The number of benzene rings is 2. The maximum atomic E-state index is 13.6. The highest BCUT2D eigenvalue weighted by Crippen LogP contribution is 2.23. The van der Waals surface area contributed by atoms with Crippen LogP contribution >= 0.6 is 11.3 Å². The molecule has 25 heavy (non-hydrogen) atoms. The Bertz CT molecular complexity index is 939. The summed E-state index contributed by atoms with van der Waals surface area (Å²) in [6.07, 6.45) is 1.62. The molecule has 3 aromatic rings. The lowest BCUT2D eigenvalue weighted by atomic mass is 10.2. The Kier molecular flexibility index (Phi) is 5.07. The van der Waals surface area contributed by atoms with Gasteiger partial charge in [-0.15, -0.1) is 0 Å². The number of nitrogens with one attached hydrogen (secondary N) is 1. The van der Waals surface area contributed by atoms with Gasteiger partial charge in [-0.05, 0) is 29.8 Å². The van der Waals surface area contributed by atoms with E-state index >= 15 is 0 Å². The van der Waals surface area contributed by atoms with Crippen molar-refractivity contribution in [2.24, 2.45) is 0 Å². The van der Waals surface area contributed by atoms with E-state index in [1.807, 2.05) is 0 Å². The molecule has 9 heteroatoms. The molecule has 0 fully saturated rings. The Morgan fingerprint density at radius 1 is 1.08 bits per heavy atom. The average Bonchev–Trinajstić information content (AvgIpc) is 3.07. The maximum Gasteiger partial charge on any atom is 0.278 e. The minimum absolute atomic E-state index is 0.117. The van der Waals surface area contributed by atoms with Crippen LogP contribution in [0.5, 0.6) is 10.9 Å². The molecular formula is C16H12F2N2O3S2. The second-order valence-corrected chi connectivity index (χ2v) is 7.48. The molecule has 0 aliphatic heterocycles. The van der Waals surface area contributed by atoms with Crippen molar-refractivity contribution in [3.05, 3.63) is 71.2 Å². The summed E-state index contributed by atoms with van der Waals surface area (Å²) >= 11 is 1.34. The van der Waals surface area contributed by atoms with Gasteiger partial charge in [0.05, 0.1) is 0 Å². The molecular weight excluding hydrogens is 370 g/mol. The molecule has 130 valence electrons. The first kappa shape index (κ1) is 17.5. The maximum absolute atomic E-state index is 13.6. The minimum atomic E-state index is -4.31. The standard InChI is InChI=1S/C16H12F2N2O3S2/c17-13-2-1-3-14(18)15(13)25(21,22)20-10-11-4-6-12(7-5-11)23-16-19-8-9-24-16/h1-9,20H,10H2. The molecule has 0 radical (unpaired) electrons. The quantitative estimate of drug-likeness (QED) is 0.706. The fourth-order valence-corrected chi connectivity index (χ4v) is 3.68. The van der Waals surface area contributed by atoms with Crippen molar-refractivity contribution in [3.8, 4) is 10.9 Å². The largest absolute Gasteiger partial charge is 0.431 e. The predicted octanol–water partition coefficient (Wildman–Crippen LogP) is 3.69. The average molecular weight is 382 g/mol. The van der Waals surface area contributed by atoms with E-state index < -0.39 is 26.6 Å². The Hall–Kier alpha value is -2.36. The Morgan fingerprint density at radius 2 is 1.76 bits per heavy atom. The van der Waals surface area contributed by atoms with Crippen molar-refractivity contribution in [2.45, 2.75) is 11.4 Å². The molecule has 0 aliphatic rings. The number of hydrogen-bond donors (Lipinski definition) is 1. The van der Waals surface area contributed by atoms with Gasteiger partial charge < -0.3 is 4.74 Å². The van der Waals surface area contributed by atoms with E-state index in [2.05, 4.69) is 9.71 Å². The molecule has 1 heterocycles. The van der Waals surface area contributed by atoms with Gasteiger partial charge in [0, 0.05) is 18.1 Å². The summed E-state index contributed by atoms with van der Waals surface area (Å²) in [4.78, 5) is 3.00. The summed E-state index contributed by atoms with van der Waals surface area (Å²) in [7, 11) is -4.31. The van der Waals surface area contributed by atoms with E-state index in [1.54, 1.807) is 35.8 Å². The zero-order valence-corrected chi connectivity index (χ0v) is 14.3. The molecule has 0 saturated heterocycles. The van der Waals surface area contributed by atoms with Crippen LogP contribution in [0, 0.1) is 11.6 Å².